The van der Waals surface area contributed by atoms with Crippen molar-refractivity contribution in [3.8, 4) is 5.75 Å². The lowest BCUT2D eigenvalue weighted by atomic mass is 9.80. The Morgan fingerprint density at radius 2 is 2.00 bits per heavy atom. The highest BCUT2D eigenvalue weighted by Crippen LogP contribution is 2.44. The number of ether oxygens (including phenoxy) is 1. The van der Waals surface area contributed by atoms with Crippen molar-refractivity contribution in [2.45, 2.75) is 38.3 Å². The highest BCUT2D eigenvalue weighted by atomic mass is 32.2. The molecule has 0 aliphatic carbocycles. The average Bonchev–Trinajstić information content (AvgIpc) is 2.51. The summed E-state index contributed by atoms with van der Waals surface area (Å²) in [5, 5.41) is 0. The maximum atomic E-state index is 13.2. The molecular formula is C18H19FNO3S-. The Balaban J connectivity index is 1.96. The van der Waals surface area contributed by atoms with Crippen LogP contribution in [0.5, 0.6) is 5.75 Å². The van der Waals surface area contributed by atoms with Crippen molar-refractivity contribution in [3.63, 3.8) is 0 Å². The van der Waals surface area contributed by atoms with Crippen molar-refractivity contribution in [2.24, 2.45) is 0 Å². The van der Waals surface area contributed by atoms with E-state index in [1.165, 1.54) is 12.1 Å². The molecule has 128 valence electrons. The standard InChI is InChI=1S/C18H20FNO3S/c1-18(2)10-16(13-4-6-14(19)7-5-13)15-8-3-12(9-17(15)23-18)11-20-24(21)22/h3-9,16,20H,10-11H2,1-2H3,(H,21,22)/p-1. The molecule has 2 aromatic rings. The molecule has 0 fully saturated rings. The van der Waals surface area contributed by atoms with E-state index in [9.17, 15) is 13.2 Å². The van der Waals surface area contributed by atoms with E-state index in [0.717, 1.165) is 28.9 Å². The van der Waals surface area contributed by atoms with Gasteiger partial charge in [-0.15, -0.1) is 0 Å². The quantitative estimate of drug-likeness (QED) is 0.862. The number of rotatable bonds is 4. The molecule has 2 unspecified atom stereocenters. The van der Waals surface area contributed by atoms with E-state index in [0.29, 0.717) is 0 Å². The Morgan fingerprint density at radius 3 is 2.67 bits per heavy atom. The normalized spacial score (nSPS) is 20.1. The monoisotopic (exact) mass is 348 g/mol. The largest absolute Gasteiger partial charge is 0.760 e. The second-order valence-electron chi connectivity index (χ2n) is 6.60. The van der Waals surface area contributed by atoms with Crippen LogP contribution in [0.25, 0.3) is 0 Å². The summed E-state index contributed by atoms with van der Waals surface area (Å²) in [5.74, 6) is 0.605. The van der Waals surface area contributed by atoms with Gasteiger partial charge >= 0.3 is 0 Å². The first-order valence-corrected chi connectivity index (χ1v) is 8.82. The predicted molar refractivity (Wildman–Crippen MR) is 89.8 cm³/mol. The van der Waals surface area contributed by atoms with Gasteiger partial charge in [0.25, 0.3) is 0 Å². The molecule has 0 spiro atoms. The molecule has 1 aliphatic rings. The Kier molecular flexibility index (Phi) is 4.71. The van der Waals surface area contributed by atoms with Gasteiger partial charge in [-0.25, -0.2) is 9.11 Å². The number of benzene rings is 2. The Morgan fingerprint density at radius 1 is 1.29 bits per heavy atom. The molecule has 0 radical (unpaired) electrons. The Bertz CT molecular complexity index is 761. The van der Waals surface area contributed by atoms with E-state index in [2.05, 4.69) is 4.72 Å². The molecule has 0 amide bonds. The van der Waals surface area contributed by atoms with E-state index in [-0.39, 0.29) is 23.9 Å². The zero-order valence-electron chi connectivity index (χ0n) is 13.5. The molecule has 0 saturated carbocycles. The fourth-order valence-corrected chi connectivity index (χ4v) is 3.43. The second kappa shape index (κ2) is 6.63. The van der Waals surface area contributed by atoms with Crippen LogP contribution in [-0.4, -0.2) is 14.4 Å². The molecule has 2 atom stereocenters. The third-order valence-corrected chi connectivity index (χ3v) is 4.58. The molecule has 1 heterocycles. The molecule has 2 aromatic carbocycles. The van der Waals surface area contributed by atoms with Crippen molar-refractivity contribution in [2.75, 3.05) is 0 Å². The van der Waals surface area contributed by atoms with Crippen LogP contribution in [0.1, 0.15) is 42.9 Å². The van der Waals surface area contributed by atoms with Crippen LogP contribution in [0.15, 0.2) is 42.5 Å². The summed E-state index contributed by atoms with van der Waals surface area (Å²) in [5.41, 5.74) is 2.54. The van der Waals surface area contributed by atoms with Crippen LogP contribution in [0.2, 0.25) is 0 Å². The highest BCUT2D eigenvalue weighted by molar-refractivity contribution is 7.77. The van der Waals surface area contributed by atoms with Crippen LogP contribution in [0.4, 0.5) is 4.39 Å². The van der Waals surface area contributed by atoms with E-state index in [1.807, 2.05) is 32.0 Å². The van der Waals surface area contributed by atoms with Gasteiger partial charge in [-0.1, -0.05) is 24.3 Å². The highest BCUT2D eigenvalue weighted by Gasteiger charge is 2.34. The van der Waals surface area contributed by atoms with E-state index in [1.54, 1.807) is 12.1 Å². The van der Waals surface area contributed by atoms with Crippen molar-refractivity contribution < 1.29 is 17.9 Å². The van der Waals surface area contributed by atoms with Gasteiger partial charge in [0.1, 0.15) is 17.2 Å². The van der Waals surface area contributed by atoms with Gasteiger partial charge in [-0.05, 0) is 49.6 Å². The predicted octanol–water partition coefficient (Wildman–Crippen LogP) is 3.40. The van der Waals surface area contributed by atoms with Crippen LogP contribution < -0.4 is 9.46 Å². The third kappa shape index (κ3) is 3.83. The van der Waals surface area contributed by atoms with Crippen molar-refractivity contribution in [1.29, 1.82) is 0 Å². The zero-order valence-corrected chi connectivity index (χ0v) is 14.4. The molecule has 4 nitrogen and oxygen atoms in total. The van der Waals surface area contributed by atoms with Crippen molar-refractivity contribution >= 4 is 11.3 Å². The van der Waals surface area contributed by atoms with Gasteiger partial charge < -0.3 is 9.29 Å². The molecule has 0 saturated heterocycles. The summed E-state index contributed by atoms with van der Waals surface area (Å²) >= 11 is -2.30. The van der Waals surface area contributed by atoms with Crippen LogP contribution in [0.3, 0.4) is 0 Å². The molecule has 0 bridgehead atoms. The molecule has 1 N–H and O–H groups in total. The first kappa shape index (κ1) is 17.1. The van der Waals surface area contributed by atoms with Crippen LogP contribution in [-0.2, 0) is 17.8 Å². The van der Waals surface area contributed by atoms with Gasteiger partial charge in [0, 0.05) is 29.3 Å². The SMILES string of the molecule is CC1(C)CC(c2ccc(F)cc2)c2ccc(CNS(=O)[O-])cc2O1. The first-order valence-electron chi connectivity index (χ1n) is 7.74. The average molecular weight is 348 g/mol. The lowest BCUT2D eigenvalue weighted by Gasteiger charge is -2.38. The van der Waals surface area contributed by atoms with E-state index < -0.39 is 11.3 Å². The minimum absolute atomic E-state index is 0.111. The maximum absolute atomic E-state index is 13.2. The van der Waals surface area contributed by atoms with Gasteiger partial charge in [0.15, 0.2) is 0 Å². The summed E-state index contributed by atoms with van der Waals surface area (Å²) in [6, 6.07) is 12.3. The summed E-state index contributed by atoms with van der Waals surface area (Å²) in [6.45, 7) is 4.25. The minimum Gasteiger partial charge on any atom is -0.760 e. The summed E-state index contributed by atoms with van der Waals surface area (Å²) in [6.07, 6.45) is 0.786. The number of nitrogens with one attached hydrogen (secondary N) is 1. The topological polar surface area (TPSA) is 61.4 Å². The maximum Gasteiger partial charge on any atom is 0.124 e. The van der Waals surface area contributed by atoms with E-state index in [4.69, 9.17) is 4.74 Å². The molecular weight excluding hydrogens is 329 g/mol. The van der Waals surface area contributed by atoms with Gasteiger partial charge in [-0.3, -0.25) is 4.21 Å². The second-order valence-corrected chi connectivity index (χ2v) is 7.36. The molecule has 1 aliphatic heterocycles. The smallest absolute Gasteiger partial charge is 0.124 e. The molecule has 3 rings (SSSR count). The van der Waals surface area contributed by atoms with Gasteiger partial charge in [-0.2, -0.15) is 0 Å². The number of hydrogen-bond acceptors (Lipinski definition) is 3. The van der Waals surface area contributed by atoms with Crippen molar-refractivity contribution in [3.05, 3.63) is 65.0 Å². The van der Waals surface area contributed by atoms with Crippen molar-refractivity contribution in [1.82, 2.24) is 4.72 Å². The first-order chi connectivity index (χ1) is 11.3. The Hall–Kier alpha value is -1.76. The fraction of sp³-hybridized carbons (Fsp3) is 0.333. The lowest BCUT2D eigenvalue weighted by molar-refractivity contribution is 0.0773. The van der Waals surface area contributed by atoms with Crippen LogP contribution >= 0.6 is 0 Å². The zero-order chi connectivity index (χ0) is 17.3. The number of fused-ring (bicyclic) bond motifs is 1. The minimum atomic E-state index is -2.30. The van der Waals surface area contributed by atoms with Gasteiger partial charge in [0.2, 0.25) is 0 Å². The molecule has 0 aromatic heterocycles. The molecule has 24 heavy (non-hydrogen) atoms. The molecule has 6 heteroatoms. The summed E-state index contributed by atoms with van der Waals surface area (Å²) in [4.78, 5) is 0. The third-order valence-electron chi connectivity index (χ3n) is 4.20. The van der Waals surface area contributed by atoms with Gasteiger partial charge in [0.05, 0.1) is 0 Å². The fourth-order valence-electron chi connectivity index (χ4n) is 3.14. The number of halogens is 1. The Labute approximate surface area is 143 Å². The summed E-state index contributed by atoms with van der Waals surface area (Å²) in [7, 11) is 0. The lowest BCUT2D eigenvalue weighted by Crippen LogP contribution is -2.35. The summed E-state index contributed by atoms with van der Waals surface area (Å²) < 4.78 is 43.0. The van der Waals surface area contributed by atoms with E-state index >= 15 is 0 Å². The number of hydrogen-bond donors (Lipinski definition) is 1. The van der Waals surface area contributed by atoms with Crippen LogP contribution in [0, 0.1) is 5.82 Å².